The Bertz CT molecular complexity index is 590. The fourth-order valence-electron chi connectivity index (χ4n) is 1.30. The van der Waals surface area contributed by atoms with Crippen LogP contribution >= 0.6 is 39.1 Å². The molecule has 0 saturated heterocycles. The second-order valence-electron chi connectivity index (χ2n) is 3.15. The first kappa shape index (κ1) is 12.5. The van der Waals surface area contributed by atoms with Crippen molar-refractivity contribution >= 4 is 45.4 Å². The van der Waals surface area contributed by atoms with Gasteiger partial charge in [-0.3, -0.25) is 4.79 Å². The Labute approximate surface area is 116 Å². The normalized spacial score (nSPS) is 10.3. The van der Waals surface area contributed by atoms with E-state index in [-0.39, 0.29) is 5.69 Å². The number of hydrogen-bond donors (Lipinski definition) is 0. The van der Waals surface area contributed by atoms with E-state index in [4.69, 9.17) is 23.2 Å². The fraction of sp³-hybridized carbons (Fsp3) is 0. The quantitative estimate of drug-likeness (QED) is 0.780. The van der Waals surface area contributed by atoms with Gasteiger partial charge in [-0.2, -0.15) is 0 Å². The predicted molar refractivity (Wildman–Crippen MR) is 70.6 cm³/mol. The number of hydrogen-bond acceptors (Lipinski definition) is 3. The van der Waals surface area contributed by atoms with Gasteiger partial charge >= 0.3 is 0 Å². The van der Waals surface area contributed by atoms with Gasteiger partial charge in [0.15, 0.2) is 6.29 Å². The Morgan fingerprint density at radius 2 is 2.06 bits per heavy atom. The molecule has 0 unspecified atom stereocenters. The van der Waals surface area contributed by atoms with Gasteiger partial charge in [0, 0.05) is 5.56 Å². The van der Waals surface area contributed by atoms with Crippen LogP contribution in [-0.4, -0.2) is 16.3 Å². The molecule has 1 aromatic heterocycles. The average molecular weight is 332 g/mol. The second-order valence-corrected chi connectivity index (χ2v) is 4.69. The average Bonchev–Trinajstić information content (AvgIpc) is 2.34. The third kappa shape index (κ3) is 2.49. The molecule has 0 N–H and O–H groups in total. The third-order valence-corrected chi connectivity index (χ3v) is 3.52. The van der Waals surface area contributed by atoms with E-state index < -0.39 is 0 Å². The van der Waals surface area contributed by atoms with Crippen molar-refractivity contribution in [1.82, 2.24) is 9.97 Å². The van der Waals surface area contributed by atoms with Crippen molar-refractivity contribution in [3.05, 3.63) is 44.7 Å². The first-order chi connectivity index (χ1) is 8.13. The summed E-state index contributed by atoms with van der Waals surface area (Å²) < 4.78 is 0.398. The van der Waals surface area contributed by atoms with E-state index in [1.54, 1.807) is 18.2 Å². The lowest BCUT2D eigenvalue weighted by Gasteiger charge is -2.05. The lowest BCUT2D eigenvalue weighted by molar-refractivity contribution is 0.111. The van der Waals surface area contributed by atoms with Gasteiger partial charge in [-0.05, 0) is 22.0 Å². The molecule has 0 saturated carbocycles. The highest BCUT2D eigenvalue weighted by Crippen LogP contribution is 2.32. The minimum Gasteiger partial charge on any atom is -0.296 e. The van der Waals surface area contributed by atoms with Gasteiger partial charge in [0.2, 0.25) is 0 Å². The first-order valence-corrected chi connectivity index (χ1v) is 6.10. The second kappa shape index (κ2) is 5.12. The molecule has 0 fully saturated rings. The molecule has 0 amide bonds. The minimum absolute atomic E-state index is 0.221. The van der Waals surface area contributed by atoms with Crippen molar-refractivity contribution in [1.29, 1.82) is 0 Å². The summed E-state index contributed by atoms with van der Waals surface area (Å²) in [5.41, 5.74) is 1.36. The van der Waals surface area contributed by atoms with Crippen LogP contribution in [0.4, 0.5) is 0 Å². The SMILES string of the molecule is O=Cc1nc(-c2cccc(Cl)c2Cl)cnc1Br. The highest BCUT2D eigenvalue weighted by Gasteiger charge is 2.10. The first-order valence-electron chi connectivity index (χ1n) is 4.55. The van der Waals surface area contributed by atoms with Crippen LogP contribution in [0.15, 0.2) is 29.0 Å². The van der Waals surface area contributed by atoms with E-state index in [0.717, 1.165) is 0 Å². The van der Waals surface area contributed by atoms with Gasteiger partial charge in [-0.1, -0.05) is 35.3 Å². The molecular formula is C11H5BrCl2N2O. The van der Waals surface area contributed by atoms with Crippen LogP contribution in [0.1, 0.15) is 10.5 Å². The molecule has 6 heteroatoms. The van der Waals surface area contributed by atoms with E-state index in [0.29, 0.717) is 32.2 Å². The smallest absolute Gasteiger partial charge is 0.171 e. The zero-order chi connectivity index (χ0) is 12.4. The summed E-state index contributed by atoms with van der Waals surface area (Å²) in [4.78, 5) is 18.9. The summed E-state index contributed by atoms with van der Waals surface area (Å²) in [6, 6.07) is 5.20. The van der Waals surface area contributed by atoms with Gasteiger partial charge in [0.1, 0.15) is 10.3 Å². The molecule has 17 heavy (non-hydrogen) atoms. The number of halogens is 3. The molecule has 0 aliphatic carbocycles. The Morgan fingerprint density at radius 1 is 1.29 bits per heavy atom. The maximum atomic E-state index is 10.8. The fourth-order valence-corrected chi connectivity index (χ4v) is 1.98. The van der Waals surface area contributed by atoms with Crippen LogP contribution in [-0.2, 0) is 0 Å². The summed E-state index contributed by atoms with van der Waals surface area (Å²) in [5.74, 6) is 0. The van der Waals surface area contributed by atoms with Gasteiger partial charge in [0.05, 0.1) is 21.9 Å². The number of benzene rings is 1. The van der Waals surface area contributed by atoms with Crippen molar-refractivity contribution in [2.45, 2.75) is 0 Å². The Hall–Kier alpha value is -0.970. The van der Waals surface area contributed by atoms with E-state index in [9.17, 15) is 4.79 Å². The van der Waals surface area contributed by atoms with Crippen LogP contribution in [0.2, 0.25) is 10.0 Å². The molecular weight excluding hydrogens is 327 g/mol. The van der Waals surface area contributed by atoms with Gasteiger partial charge in [0.25, 0.3) is 0 Å². The van der Waals surface area contributed by atoms with Gasteiger partial charge in [-0.15, -0.1) is 0 Å². The van der Waals surface area contributed by atoms with Crippen LogP contribution < -0.4 is 0 Å². The maximum absolute atomic E-state index is 10.8. The zero-order valence-corrected chi connectivity index (χ0v) is 11.4. The van der Waals surface area contributed by atoms with Crippen LogP contribution in [0.5, 0.6) is 0 Å². The van der Waals surface area contributed by atoms with Crippen molar-refractivity contribution in [2.75, 3.05) is 0 Å². The number of rotatable bonds is 2. The minimum atomic E-state index is 0.221. The molecule has 1 aromatic carbocycles. The monoisotopic (exact) mass is 330 g/mol. The summed E-state index contributed by atoms with van der Waals surface area (Å²) >= 11 is 15.1. The van der Waals surface area contributed by atoms with Crippen LogP contribution in [0.3, 0.4) is 0 Å². The van der Waals surface area contributed by atoms with E-state index in [1.807, 2.05) is 0 Å². The van der Waals surface area contributed by atoms with E-state index in [2.05, 4.69) is 25.9 Å². The molecule has 86 valence electrons. The lowest BCUT2D eigenvalue weighted by atomic mass is 10.1. The molecule has 1 heterocycles. The van der Waals surface area contributed by atoms with Gasteiger partial charge in [-0.25, -0.2) is 9.97 Å². The Balaban J connectivity index is 2.61. The third-order valence-electron chi connectivity index (χ3n) is 2.09. The molecule has 0 spiro atoms. The lowest BCUT2D eigenvalue weighted by Crippen LogP contribution is -1.95. The van der Waals surface area contributed by atoms with E-state index in [1.165, 1.54) is 6.20 Å². The molecule has 2 rings (SSSR count). The van der Waals surface area contributed by atoms with Crippen molar-refractivity contribution in [3.8, 4) is 11.3 Å². The number of nitrogens with zero attached hydrogens (tertiary/aromatic N) is 2. The highest BCUT2D eigenvalue weighted by molar-refractivity contribution is 9.10. The standard InChI is InChI=1S/C11H5BrCl2N2O/c12-11-9(5-17)16-8(4-15-11)6-2-1-3-7(13)10(6)14/h1-5H. The summed E-state index contributed by atoms with van der Waals surface area (Å²) in [7, 11) is 0. The van der Waals surface area contributed by atoms with Crippen molar-refractivity contribution in [2.24, 2.45) is 0 Å². The molecule has 3 nitrogen and oxygen atoms in total. The zero-order valence-electron chi connectivity index (χ0n) is 8.32. The largest absolute Gasteiger partial charge is 0.296 e. The summed E-state index contributed by atoms with van der Waals surface area (Å²) in [6.07, 6.45) is 2.15. The number of aldehydes is 1. The number of carbonyl (C=O) groups is 1. The van der Waals surface area contributed by atoms with Gasteiger partial charge < -0.3 is 0 Å². The maximum Gasteiger partial charge on any atom is 0.171 e. The Morgan fingerprint density at radius 3 is 2.76 bits per heavy atom. The Kier molecular flexibility index (Phi) is 3.76. The predicted octanol–water partition coefficient (Wildman–Crippen LogP) is 4.03. The molecule has 0 aliphatic rings. The highest BCUT2D eigenvalue weighted by atomic mass is 79.9. The van der Waals surface area contributed by atoms with Crippen molar-refractivity contribution in [3.63, 3.8) is 0 Å². The molecule has 2 aromatic rings. The summed E-state index contributed by atoms with van der Waals surface area (Å²) in [6.45, 7) is 0. The van der Waals surface area contributed by atoms with Crippen LogP contribution in [0, 0.1) is 0 Å². The molecule has 0 bridgehead atoms. The number of aromatic nitrogens is 2. The molecule has 0 radical (unpaired) electrons. The molecule has 0 atom stereocenters. The number of carbonyl (C=O) groups excluding carboxylic acids is 1. The van der Waals surface area contributed by atoms with Crippen molar-refractivity contribution < 1.29 is 4.79 Å². The van der Waals surface area contributed by atoms with E-state index >= 15 is 0 Å². The van der Waals surface area contributed by atoms with Crippen LogP contribution in [0.25, 0.3) is 11.3 Å². The topological polar surface area (TPSA) is 42.9 Å². The molecule has 0 aliphatic heterocycles. The summed E-state index contributed by atoms with van der Waals surface area (Å²) in [5, 5.41) is 0.823.